The molecule has 0 fully saturated rings. The van der Waals surface area contributed by atoms with Gasteiger partial charge in [-0.15, -0.1) is 0 Å². The first kappa shape index (κ1) is 16.9. The average molecular weight is 322 g/mol. The van der Waals surface area contributed by atoms with Gasteiger partial charge in [0.05, 0.1) is 12.1 Å². The number of alkyl halides is 3. The second-order valence-electron chi connectivity index (χ2n) is 4.96. The van der Waals surface area contributed by atoms with Crippen LogP contribution in [0.2, 0.25) is 0 Å². The highest BCUT2D eigenvalue weighted by Crippen LogP contribution is 2.34. The molecule has 2 aromatic carbocycles. The van der Waals surface area contributed by atoms with Gasteiger partial charge >= 0.3 is 6.18 Å². The lowest BCUT2D eigenvalue weighted by molar-refractivity contribution is -0.137. The van der Waals surface area contributed by atoms with Gasteiger partial charge in [-0.1, -0.05) is 37.3 Å². The molecule has 0 atom stereocenters. The van der Waals surface area contributed by atoms with Crippen LogP contribution >= 0.6 is 0 Å². The average Bonchev–Trinajstić information content (AvgIpc) is 2.53. The number of amides is 1. The van der Waals surface area contributed by atoms with Gasteiger partial charge in [-0.25, -0.2) is 0 Å². The summed E-state index contributed by atoms with van der Waals surface area (Å²) in [6.45, 7) is 1.72. The zero-order valence-corrected chi connectivity index (χ0v) is 12.6. The number of halogens is 3. The van der Waals surface area contributed by atoms with Crippen LogP contribution in [-0.2, 0) is 17.4 Å². The van der Waals surface area contributed by atoms with E-state index in [-0.39, 0.29) is 12.2 Å². The van der Waals surface area contributed by atoms with Crippen LogP contribution in [-0.4, -0.2) is 12.5 Å². The Balaban J connectivity index is 2.03. The highest BCUT2D eigenvalue weighted by Gasteiger charge is 2.33. The lowest BCUT2D eigenvalue weighted by atomic mass is 10.1. The van der Waals surface area contributed by atoms with E-state index in [2.05, 4.69) is 10.6 Å². The highest BCUT2D eigenvalue weighted by molar-refractivity contribution is 5.94. The summed E-state index contributed by atoms with van der Waals surface area (Å²) >= 11 is 0. The van der Waals surface area contributed by atoms with Crippen LogP contribution in [0.1, 0.15) is 18.1 Å². The van der Waals surface area contributed by atoms with Crippen molar-refractivity contribution in [2.75, 3.05) is 17.2 Å². The number of para-hydroxylation sites is 2. The van der Waals surface area contributed by atoms with Crippen molar-refractivity contribution < 1.29 is 18.0 Å². The van der Waals surface area contributed by atoms with Gasteiger partial charge in [0.2, 0.25) is 5.91 Å². The molecule has 0 radical (unpaired) electrons. The third kappa shape index (κ3) is 4.48. The largest absolute Gasteiger partial charge is 0.418 e. The lowest BCUT2D eigenvalue weighted by Crippen LogP contribution is -2.23. The first-order valence-corrected chi connectivity index (χ1v) is 7.19. The normalized spacial score (nSPS) is 11.1. The molecule has 0 unspecified atom stereocenters. The van der Waals surface area contributed by atoms with E-state index in [0.717, 1.165) is 18.1 Å². The van der Waals surface area contributed by atoms with Crippen molar-refractivity contribution in [3.63, 3.8) is 0 Å². The Kier molecular flexibility index (Phi) is 5.26. The molecule has 6 heteroatoms. The smallest absolute Gasteiger partial charge is 0.376 e. The Labute approximate surface area is 132 Å². The van der Waals surface area contributed by atoms with E-state index in [1.807, 2.05) is 19.1 Å². The number of hydrogen-bond donors (Lipinski definition) is 2. The zero-order chi connectivity index (χ0) is 16.9. The summed E-state index contributed by atoms with van der Waals surface area (Å²) in [5.74, 6) is -0.400. The zero-order valence-electron chi connectivity index (χ0n) is 12.6. The number of carbonyl (C=O) groups excluding carboxylic acids is 1. The number of carbonyl (C=O) groups is 1. The van der Waals surface area contributed by atoms with Crippen molar-refractivity contribution >= 4 is 17.3 Å². The summed E-state index contributed by atoms with van der Waals surface area (Å²) in [5, 5.41) is 5.25. The molecule has 0 saturated carbocycles. The fourth-order valence-electron chi connectivity index (χ4n) is 2.20. The summed E-state index contributed by atoms with van der Waals surface area (Å²) in [6, 6.07) is 12.4. The van der Waals surface area contributed by atoms with Crippen molar-refractivity contribution in [3.05, 3.63) is 59.7 Å². The Hall–Kier alpha value is -2.50. The topological polar surface area (TPSA) is 41.1 Å². The van der Waals surface area contributed by atoms with Crippen LogP contribution in [0.4, 0.5) is 24.5 Å². The maximum Gasteiger partial charge on any atom is 0.418 e. The molecule has 2 aromatic rings. The Morgan fingerprint density at radius 3 is 2.26 bits per heavy atom. The van der Waals surface area contributed by atoms with Gasteiger partial charge in [-0.05, 0) is 30.2 Å². The minimum Gasteiger partial charge on any atom is -0.376 e. The molecule has 0 aliphatic heterocycles. The van der Waals surface area contributed by atoms with Crippen LogP contribution in [0.5, 0.6) is 0 Å². The standard InChI is InChI=1S/C17H17F3N2O/c1-2-12-7-3-5-9-14(12)22-16(23)11-21-15-10-6-4-8-13(15)17(18,19)20/h3-10,21H,2,11H2,1H3,(H,22,23). The fourth-order valence-corrected chi connectivity index (χ4v) is 2.20. The van der Waals surface area contributed by atoms with Gasteiger partial charge in [0.1, 0.15) is 0 Å². The molecule has 0 heterocycles. The first-order chi connectivity index (χ1) is 10.9. The van der Waals surface area contributed by atoms with Gasteiger partial charge in [-0.2, -0.15) is 13.2 Å². The van der Waals surface area contributed by atoms with E-state index in [9.17, 15) is 18.0 Å². The number of hydrogen-bond acceptors (Lipinski definition) is 2. The summed E-state index contributed by atoms with van der Waals surface area (Å²) in [6.07, 6.45) is -3.71. The predicted octanol–water partition coefficient (Wildman–Crippen LogP) is 4.32. The Morgan fingerprint density at radius 1 is 1.00 bits per heavy atom. The summed E-state index contributed by atoms with van der Waals surface area (Å²) in [4.78, 5) is 12.0. The number of rotatable bonds is 5. The third-order valence-corrected chi connectivity index (χ3v) is 3.34. The van der Waals surface area contributed by atoms with Crippen LogP contribution in [0.3, 0.4) is 0 Å². The van der Waals surface area contributed by atoms with Gasteiger partial charge in [-0.3, -0.25) is 4.79 Å². The molecule has 0 aliphatic rings. The van der Waals surface area contributed by atoms with E-state index in [4.69, 9.17) is 0 Å². The van der Waals surface area contributed by atoms with Crippen LogP contribution < -0.4 is 10.6 Å². The molecule has 0 saturated heterocycles. The summed E-state index contributed by atoms with van der Waals surface area (Å²) in [7, 11) is 0. The predicted molar refractivity (Wildman–Crippen MR) is 84.4 cm³/mol. The molecular formula is C17H17F3N2O. The molecule has 23 heavy (non-hydrogen) atoms. The minimum absolute atomic E-state index is 0.112. The van der Waals surface area contributed by atoms with E-state index in [1.54, 1.807) is 12.1 Å². The second kappa shape index (κ2) is 7.17. The SMILES string of the molecule is CCc1ccccc1NC(=O)CNc1ccccc1C(F)(F)F. The minimum atomic E-state index is -4.46. The van der Waals surface area contributed by atoms with E-state index < -0.39 is 17.6 Å². The molecule has 1 amide bonds. The van der Waals surface area contributed by atoms with E-state index in [1.165, 1.54) is 18.2 Å². The number of anilines is 2. The van der Waals surface area contributed by atoms with Crippen molar-refractivity contribution in [3.8, 4) is 0 Å². The van der Waals surface area contributed by atoms with Crippen molar-refractivity contribution in [1.29, 1.82) is 0 Å². The second-order valence-corrected chi connectivity index (χ2v) is 4.96. The molecule has 3 nitrogen and oxygen atoms in total. The van der Waals surface area contributed by atoms with Gasteiger partial charge in [0.25, 0.3) is 0 Å². The molecular weight excluding hydrogens is 305 g/mol. The maximum atomic E-state index is 12.9. The van der Waals surface area contributed by atoms with Crippen LogP contribution in [0.25, 0.3) is 0 Å². The number of nitrogens with one attached hydrogen (secondary N) is 2. The number of benzene rings is 2. The molecule has 0 bridgehead atoms. The van der Waals surface area contributed by atoms with Gasteiger partial charge in [0.15, 0.2) is 0 Å². The lowest BCUT2D eigenvalue weighted by Gasteiger charge is -2.15. The van der Waals surface area contributed by atoms with E-state index in [0.29, 0.717) is 5.69 Å². The maximum absolute atomic E-state index is 12.9. The van der Waals surface area contributed by atoms with E-state index >= 15 is 0 Å². The van der Waals surface area contributed by atoms with Crippen molar-refractivity contribution in [1.82, 2.24) is 0 Å². The molecule has 0 aliphatic carbocycles. The quantitative estimate of drug-likeness (QED) is 0.861. The molecule has 122 valence electrons. The Morgan fingerprint density at radius 2 is 1.61 bits per heavy atom. The summed E-state index contributed by atoms with van der Waals surface area (Å²) < 4.78 is 38.6. The van der Waals surface area contributed by atoms with Crippen molar-refractivity contribution in [2.24, 2.45) is 0 Å². The first-order valence-electron chi connectivity index (χ1n) is 7.19. The third-order valence-electron chi connectivity index (χ3n) is 3.34. The number of aryl methyl sites for hydroxylation is 1. The van der Waals surface area contributed by atoms with Gasteiger partial charge in [0, 0.05) is 11.4 Å². The Bertz CT molecular complexity index is 684. The molecule has 2 rings (SSSR count). The molecule has 0 spiro atoms. The summed E-state index contributed by atoms with van der Waals surface area (Å²) in [5.41, 5.74) is 0.739. The van der Waals surface area contributed by atoms with Crippen LogP contribution in [0, 0.1) is 0 Å². The molecule has 0 aromatic heterocycles. The monoisotopic (exact) mass is 322 g/mol. The highest BCUT2D eigenvalue weighted by atomic mass is 19.4. The van der Waals surface area contributed by atoms with Crippen LogP contribution in [0.15, 0.2) is 48.5 Å². The van der Waals surface area contributed by atoms with Gasteiger partial charge < -0.3 is 10.6 Å². The fraction of sp³-hybridized carbons (Fsp3) is 0.235. The molecule has 2 N–H and O–H groups in total. The van der Waals surface area contributed by atoms with Crippen molar-refractivity contribution in [2.45, 2.75) is 19.5 Å².